The number of hydrogen-bond acceptors (Lipinski definition) is 4. The molecule has 0 spiro atoms. The Balaban J connectivity index is 4.03. The van der Waals surface area contributed by atoms with E-state index in [0.29, 0.717) is 13.1 Å². The number of aliphatic carboxylic acids is 1. The fourth-order valence-electron chi connectivity index (χ4n) is 1.13. The van der Waals surface area contributed by atoms with Gasteiger partial charge in [0.25, 0.3) is 0 Å². The highest BCUT2D eigenvalue weighted by Crippen LogP contribution is 1.91. The molecule has 104 valence electrons. The predicted molar refractivity (Wildman–Crippen MR) is 64.9 cm³/mol. The van der Waals surface area contributed by atoms with Crippen LogP contribution in [0.4, 0.5) is 4.79 Å². The van der Waals surface area contributed by atoms with Crippen molar-refractivity contribution in [2.45, 2.75) is 19.4 Å². The zero-order valence-corrected chi connectivity index (χ0v) is 10.6. The van der Waals surface area contributed by atoms with E-state index in [1.165, 1.54) is 0 Å². The number of hydrogen-bond donors (Lipinski definition) is 4. The van der Waals surface area contributed by atoms with Crippen molar-refractivity contribution in [1.29, 1.82) is 0 Å². The average Bonchev–Trinajstić information content (AvgIpc) is 2.27. The number of urea groups is 1. The van der Waals surface area contributed by atoms with Crippen LogP contribution in [-0.4, -0.2) is 60.6 Å². The Kier molecular flexibility index (Phi) is 7.45. The van der Waals surface area contributed by atoms with Gasteiger partial charge in [-0.3, -0.25) is 4.79 Å². The van der Waals surface area contributed by atoms with Crippen LogP contribution < -0.4 is 16.4 Å². The van der Waals surface area contributed by atoms with Gasteiger partial charge < -0.3 is 26.4 Å². The van der Waals surface area contributed by atoms with Crippen LogP contribution in [0.2, 0.25) is 0 Å². The van der Waals surface area contributed by atoms with E-state index in [4.69, 9.17) is 10.8 Å². The van der Waals surface area contributed by atoms with Crippen molar-refractivity contribution in [2.75, 3.05) is 26.7 Å². The molecule has 0 unspecified atom stereocenters. The molecule has 3 amide bonds. The molecule has 0 aliphatic heterocycles. The molecule has 0 saturated heterocycles. The summed E-state index contributed by atoms with van der Waals surface area (Å²) in [6.07, 6.45) is -0.433. The Bertz CT molecular complexity index is 308. The van der Waals surface area contributed by atoms with E-state index in [0.717, 1.165) is 6.54 Å². The maximum atomic E-state index is 11.4. The Hall–Kier alpha value is -1.83. The van der Waals surface area contributed by atoms with Crippen LogP contribution in [0.3, 0.4) is 0 Å². The second-order valence-electron chi connectivity index (χ2n) is 3.86. The Morgan fingerprint density at radius 2 is 2.00 bits per heavy atom. The smallest absolute Gasteiger partial charge is 0.326 e. The number of carboxylic acids is 1. The minimum atomic E-state index is -1.30. The maximum Gasteiger partial charge on any atom is 0.326 e. The van der Waals surface area contributed by atoms with Gasteiger partial charge in [0, 0.05) is 13.1 Å². The number of carbonyl (C=O) groups excluding carboxylic acids is 2. The van der Waals surface area contributed by atoms with E-state index in [9.17, 15) is 14.4 Å². The summed E-state index contributed by atoms with van der Waals surface area (Å²) in [6.45, 7) is 3.87. The summed E-state index contributed by atoms with van der Waals surface area (Å²) in [7, 11) is 1.90. The summed E-state index contributed by atoms with van der Waals surface area (Å²) in [4.78, 5) is 34.7. The standard InChI is InChI=1S/C10H20N4O4/c1-3-14(2)5-4-12-10(18)13-7(9(16)17)6-8(11)15/h7H,3-6H2,1-2H3,(H2,11,15)(H,16,17)(H2,12,13,18)/t7-/m0/s1. The minimum Gasteiger partial charge on any atom is -0.480 e. The molecule has 0 heterocycles. The maximum absolute atomic E-state index is 11.4. The topological polar surface area (TPSA) is 125 Å². The van der Waals surface area contributed by atoms with Gasteiger partial charge in [0.2, 0.25) is 5.91 Å². The first-order valence-electron chi connectivity index (χ1n) is 5.60. The quantitative estimate of drug-likeness (QED) is 0.425. The number of amides is 3. The van der Waals surface area contributed by atoms with Crippen LogP contribution >= 0.6 is 0 Å². The van der Waals surface area contributed by atoms with E-state index in [-0.39, 0.29) is 0 Å². The zero-order chi connectivity index (χ0) is 14.1. The molecule has 0 radical (unpaired) electrons. The molecule has 18 heavy (non-hydrogen) atoms. The molecule has 0 aromatic rings. The zero-order valence-electron chi connectivity index (χ0n) is 10.6. The van der Waals surface area contributed by atoms with E-state index < -0.39 is 30.4 Å². The lowest BCUT2D eigenvalue weighted by molar-refractivity contribution is -0.140. The molecule has 0 aliphatic rings. The molecule has 8 nitrogen and oxygen atoms in total. The summed E-state index contributed by atoms with van der Waals surface area (Å²) in [5.41, 5.74) is 4.88. The normalized spacial score (nSPS) is 11.9. The molecule has 0 aliphatic carbocycles. The SMILES string of the molecule is CCN(C)CCNC(=O)N[C@@H](CC(N)=O)C(=O)O. The van der Waals surface area contributed by atoms with Crippen LogP contribution in [0, 0.1) is 0 Å². The molecule has 8 heteroatoms. The molecular weight excluding hydrogens is 240 g/mol. The van der Waals surface area contributed by atoms with Gasteiger partial charge in [0.05, 0.1) is 6.42 Å². The molecule has 0 rings (SSSR count). The summed E-state index contributed by atoms with van der Waals surface area (Å²) in [6, 6.07) is -1.93. The van der Waals surface area contributed by atoms with E-state index in [1.54, 1.807) is 0 Å². The molecule has 0 aromatic carbocycles. The van der Waals surface area contributed by atoms with Crippen molar-refractivity contribution >= 4 is 17.9 Å². The van der Waals surface area contributed by atoms with Gasteiger partial charge in [0.15, 0.2) is 0 Å². The average molecular weight is 260 g/mol. The van der Waals surface area contributed by atoms with E-state index >= 15 is 0 Å². The second-order valence-corrected chi connectivity index (χ2v) is 3.86. The van der Waals surface area contributed by atoms with Crippen molar-refractivity contribution in [1.82, 2.24) is 15.5 Å². The van der Waals surface area contributed by atoms with Crippen LogP contribution in [0.15, 0.2) is 0 Å². The first-order valence-corrected chi connectivity index (χ1v) is 5.60. The van der Waals surface area contributed by atoms with Gasteiger partial charge in [-0.05, 0) is 13.6 Å². The fraction of sp³-hybridized carbons (Fsp3) is 0.700. The lowest BCUT2D eigenvalue weighted by Crippen LogP contribution is -2.48. The van der Waals surface area contributed by atoms with Crippen LogP contribution in [0.25, 0.3) is 0 Å². The Labute approximate surface area is 106 Å². The Morgan fingerprint density at radius 1 is 1.39 bits per heavy atom. The summed E-state index contributed by atoms with van der Waals surface area (Å²) in [5.74, 6) is -2.08. The highest BCUT2D eigenvalue weighted by molar-refractivity contribution is 5.87. The molecular formula is C10H20N4O4. The van der Waals surface area contributed by atoms with Crippen LogP contribution in [0.5, 0.6) is 0 Å². The highest BCUT2D eigenvalue weighted by atomic mass is 16.4. The second kappa shape index (κ2) is 8.29. The third-order valence-electron chi connectivity index (χ3n) is 2.33. The molecule has 0 fully saturated rings. The van der Waals surface area contributed by atoms with Crippen LogP contribution in [0.1, 0.15) is 13.3 Å². The van der Waals surface area contributed by atoms with E-state index in [2.05, 4.69) is 10.6 Å². The highest BCUT2D eigenvalue weighted by Gasteiger charge is 2.21. The van der Waals surface area contributed by atoms with Gasteiger partial charge in [-0.25, -0.2) is 9.59 Å². The number of rotatable bonds is 8. The van der Waals surface area contributed by atoms with Crippen molar-refractivity contribution in [3.63, 3.8) is 0 Å². The minimum absolute atomic E-state index is 0.388. The first-order chi connectivity index (χ1) is 8.36. The Morgan fingerprint density at radius 3 is 2.44 bits per heavy atom. The summed E-state index contributed by atoms with van der Waals surface area (Å²) >= 11 is 0. The number of nitrogens with two attached hydrogens (primary N) is 1. The number of nitrogens with zero attached hydrogens (tertiary/aromatic N) is 1. The molecule has 0 bridgehead atoms. The monoisotopic (exact) mass is 260 g/mol. The number of likely N-dealkylation sites (N-methyl/N-ethyl adjacent to an activating group) is 1. The fourth-order valence-corrected chi connectivity index (χ4v) is 1.13. The van der Waals surface area contributed by atoms with Crippen LogP contribution in [-0.2, 0) is 9.59 Å². The first kappa shape index (κ1) is 16.2. The van der Waals surface area contributed by atoms with Crippen molar-refractivity contribution < 1.29 is 19.5 Å². The van der Waals surface area contributed by atoms with Gasteiger partial charge >= 0.3 is 12.0 Å². The molecule has 5 N–H and O–H groups in total. The summed E-state index contributed by atoms with van der Waals surface area (Å²) in [5, 5.41) is 13.4. The van der Waals surface area contributed by atoms with Gasteiger partial charge in [0.1, 0.15) is 6.04 Å². The number of nitrogens with one attached hydrogen (secondary N) is 2. The van der Waals surface area contributed by atoms with E-state index in [1.807, 2.05) is 18.9 Å². The summed E-state index contributed by atoms with van der Waals surface area (Å²) < 4.78 is 0. The van der Waals surface area contributed by atoms with Gasteiger partial charge in [-0.15, -0.1) is 0 Å². The molecule has 1 atom stereocenters. The number of carbonyl (C=O) groups is 3. The van der Waals surface area contributed by atoms with Gasteiger partial charge in [-0.2, -0.15) is 0 Å². The third-order valence-corrected chi connectivity index (χ3v) is 2.33. The lowest BCUT2D eigenvalue weighted by atomic mass is 10.2. The number of carboxylic acid groups (broad SMARTS) is 1. The van der Waals surface area contributed by atoms with Crippen molar-refractivity contribution in [2.24, 2.45) is 5.73 Å². The number of primary amides is 1. The lowest BCUT2D eigenvalue weighted by Gasteiger charge is -2.16. The predicted octanol–water partition coefficient (Wildman–Crippen LogP) is -1.43. The largest absolute Gasteiger partial charge is 0.480 e. The molecule has 0 aromatic heterocycles. The third kappa shape index (κ3) is 7.44. The van der Waals surface area contributed by atoms with Gasteiger partial charge in [-0.1, -0.05) is 6.92 Å². The molecule has 0 saturated carbocycles. The van der Waals surface area contributed by atoms with Crippen molar-refractivity contribution in [3.8, 4) is 0 Å². The van der Waals surface area contributed by atoms with Crippen molar-refractivity contribution in [3.05, 3.63) is 0 Å².